The van der Waals surface area contributed by atoms with Gasteiger partial charge >= 0.3 is 0 Å². The molecule has 3 nitrogen and oxygen atoms in total. The minimum Gasteiger partial charge on any atom is -0.376 e. The first-order valence-corrected chi connectivity index (χ1v) is 7.41. The number of ether oxygens (including phenoxy) is 1. The first-order valence-electron chi connectivity index (χ1n) is 7.41. The molecule has 1 saturated heterocycles. The largest absolute Gasteiger partial charge is 0.376 e. The monoisotopic (exact) mass is 242 g/mol. The summed E-state index contributed by atoms with van der Waals surface area (Å²) < 4.78 is 5.67. The van der Waals surface area contributed by atoms with Crippen molar-refractivity contribution in [1.82, 2.24) is 10.2 Å². The van der Waals surface area contributed by atoms with Gasteiger partial charge in [0.1, 0.15) is 0 Å². The van der Waals surface area contributed by atoms with E-state index >= 15 is 0 Å². The van der Waals surface area contributed by atoms with Crippen molar-refractivity contribution in [3.63, 3.8) is 0 Å². The van der Waals surface area contributed by atoms with Gasteiger partial charge in [0.2, 0.25) is 0 Å². The van der Waals surface area contributed by atoms with E-state index in [9.17, 15) is 0 Å². The number of unbranched alkanes of at least 4 members (excludes halogenated alkanes) is 3. The molecule has 0 aromatic carbocycles. The lowest BCUT2D eigenvalue weighted by Gasteiger charge is -2.32. The number of hydrogen-bond acceptors (Lipinski definition) is 3. The van der Waals surface area contributed by atoms with Gasteiger partial charge < -0.3 is 10.1 Å². The topological polar surface area (TPSA) is 24.5 Å². The number of rotatable bonds is 9. The van der Waals surface area contributed by atoms with Crippen molar-refractivity contribution in [2.75, 3.05) is 39.3 Å². The highest BCUT2D eigenvalue weighted by atomic mass is 16.5. The van der Waals surface area contributed by atoms with Crippen LogP contribution in [0.3, 0.4) is 0 Å². The Balaban J connectivity index is 1.91. The van der Waals surface area contributed by atoms with E-state index in [1.807, 2.05) is 0 Å². The SMILES string of the molecule is CCCCCCNCCN1CCOC(CC)C1. The zero-order valence-corrected chi connectivity index (χ0v) is 11.7. The fraction of sp³-hybridized carbons (Fsp3) is 1.00. The highest BCUT2D eigenvalue weighted by Gasteiger charge is 2.17. The minimum atomic E-state index is 0.466. The molecule has 1 unspecified atom stereocenters. The van der Waals surface area contributed by atoms with Crippen LogP contribution in [-0.4, -0.2) is 50.3 Å². The van der Waals surface area contributed by atoms with Crippen LogP contribution in [0.1, 0.15) is 46.0 Å². The second-order valence-electron chi connectivity index (χ2n) is 5.01. The molecular formula is C14H30N2O. The van der Waals surface area contributed by atoms with E-state index in [0.717, 1.165) is 32.7 Å². The third-order valence-corrected chi connectivity index (χ3v) is 3.49. The summed E-state index contributed by atoms with van der Waals surface area (Å²) in [5.41, 5.74) is 0. The molecule has 1 fully saturated rings. The van der Waals surface area contributed by atoms with Crippen LogP contribution < -0.4 is 5.32 Å². The highest BCUT2D eigenvalue weighted by Crippen LogP contribution is 2.07. The summed E-state index contributed by atoms with van der Waals surface area (Å²) in [6.45, 7) is 11.1. The molecule has 0 spiro atoms. The highest BCUT2D eigenvalue weighted by molar-refractivity contribution is 4.70. The molecule has 0 amide bonds. The van der Waals surface area contributed by atoms with Crippen LogP contribution >= 0.6 is 0 Å². The van der Waals surface area contributed by atoms with Gasteiger partial charge in [0.25, 0.3) is 0 Å². The maximum absolute atomic E-state index is 5.67. The van der Waals surface area contributed by atoms with Crippen LogP contribution in [0.2, 0.25) is 0 Å². The van der Waals surface area contributed by atoms with Gasteiger partial charge in [-0.05, 0) is 19.4 Å². The van der Waals surface area contributed by atoms with Crippen molar-refractivity contribution in [1.29, 1.82) is 0 Å². The first kappa shape index (κ1) is 14.9. The van der Waals surface area contributed by atoms with Gasteiger partial charge in [-0.2, -0.15) is 0 Å². The van der Waals surface area contributed by atoms with Crippen LogP contribution in [0.5, 0.6) is 0 Å². The van der Waals surface area contributed by atoms with E-state index in [1.54, 1.807) is 0 Å². The average Bonchev–Trinajstić information content (AvgIpc) is 2.38. The fourth-order valence-corrected chi connectivity index (χ4v) is 2.27. The van der Waals surface area contributed by atoms with Crippen molar-refractivity contribution in [3.8, 4) is 0 Å². The molecular weight excluding hydrogens is 212 g/mol. The molecule has 0 aromatic heterocycles. The summed E-state index contributed by atoms with van der Waals surface area (Å²) in [6.07, 6.45) is 7.01. The smallest absolute Gasteiger partial charge is 0.0700 e. The molecule has 0 radical (unpaired) electrons. The van der Waals surface area contributed by atoms with Gasteiger partial charge in [-0.3, -0.25) is 4.90 Å². The molecule has 1 heterocycles. The third-order valence-electron chi connectivity index (χ3n) is 3.49. The second kappa shape index (κ2) is 9.86. The Morgan fingerprint density at radius 2 is 2.06 bits per heavy atom. The quantitative estimate of drug-likeness (QED) is 0.628. The summed E-state index contributed by atoms with van der Waals surface area (Å²) in [5, 5.41) is 3.54. The summed E-state index contributed by atoms with van der Waals surface area (Å²) in [6, 6.07) is 0. The molecule has 0 aliphatic carbocycles. The minimum absolute atomic E-state index is 0.466. The Morgan fingerprint density at radius 3 is 2.82 bits per heavy atom. The molecule has 0 bridgehead atoms. The van der Waals surface area contributed by atoms with E-state index in [2.05, 4.69) is 24.1 Å². The van der Waals surface area contributed by atoms with Gasteiger partial charge in [-0.1, -0.05) is 33.1 Å². The van der Waals surface area contributed by atoms with Crippen LogP contribution in [0.4, 0.5) is 0 Å². The molecule has 1 aliphatic heterocycles. The summed E-state index contributed by atoms with van der Waals surface area (Å²) in [5.74, 6) is 0. The molecule has 1 N–H and O–H groups in total. The maximum atomic E-state index is 5.67. The lowest BCUT2D eigenvalue weighted by Crippen LogP contribution is -2.44. The third kappa shape index (κ3) is 7.02. The van der Waals surface area contributed by atoms with Gasteiger partial charge in [0.15, 0.2) is 0 Å². The number of nitrogens with one attached hydrogen (secondary N) is 1. The zero-order valence-electron chi connectivity index (χ0n) is 11.7. The first-order chi connectivity index (χ1) is 8.36. The Labute approximate surface area is 107 Å². The van der Waals surface area contributed by atoms with Crippen molar-refractivity contribution in [2.45, 2.75) is 52.1 Å². The standard InChI is InChI=1S/C14H30N2O/c1-3-5-6-7-8-15-9-10-16-11-12-17-14(4-2)13-16/h14-15H,3-13H2,1-2H3. The molecule has 1 atom stereocenters. The predicted octanol–water partition coefficient (Wildman–Crippen LogP) is 2.27. The lowest BCUT2D eigenvalue weighted by atomic mass is 10.2. The van der Waals surface area contributed by atoms with Crippen molar-refractivity contribution >= 4 is 0 Å². The van der Waals surface area contributed by atoms with Gasteiger partial charge in [0.05, 0.1) is 12.7 Å². The van der Waals surface area contributed by atoms with Crippen molar-refractivity contribution < 1.29 is 4.74 Å². The van der Waals surface area contributed by atoms with Gasteiger partial charge in [-0.15, -0.1) is 0 Å². The molecule has 0 aromatic rings. The number of hydrogen-bond donors (Lipinski definition) is 1. The normalized spacial score (nSPS) is 21.9. The van der Waals surface area contributed by atoms with Gasteiger partial charge in [-0.25, -0.2) is 0 Å². The molecule has 17 heavy (non-hydrogen) atoms. The van der Waals surface area contributed by atoms with E-state index in [0.29, 0.717) is 6.10 Å². The van der Waals surface area contributed by atoms with Crippen molar-refractivity contribution in [3.05, 3.63) is 0 Å². The van der Waals surface area contributed by atoms with E-state index in [4.69, 9.17) is 4.74 Å². The van der Waals surface area contributed by atoms with E-state index < -0.39 is 0 Å². The van der Waals surface area contributed by atoms with Crippen LogP contribution in [0.25, 0.3) is 0 Å². The van der Waals surface area contributed by atoms with E-state index in [-0.39, 0.29) is 0 Å². The Bertz CT molecular complexity index is 176. The Kier molecular flexibility index (Phi) is 8.67. The molecule has 3 heteroatoms. The van der Waals surface area contributed by atoms with Gasteiger partial charge in [0, 0.05) is 26.2 Å². The number of nitrogens with zero attached hydrogens (tertiary/aromatic N) is 1. The summed E-state index contributed by atoms with van der Waals surface area (Å²) >= 11 is 0. The molecule has 1 aliphatic rings. The van der Waals surface area contributed by atoms with Crippen LogP contribution in [0.15, 0.2) is 0 Å². The van der Waals surface area contributed by atoms with E-state index in [1.165, 1.54) is 38.8 Å². The van der Waals surface area contributed by atoms with Crippen LogP contribution in [0, 0.1) is 0 Å². The summed E-state index contributed by atoms with van der Waals surface area (Å²) in [7, 11) is 0. The molecule has 1 rings (SSSR count). The van der Waals surface area contributed by atoms with Crippen molar-refractivity contribution in [2.24, 2.45) is 0 Å². The van der Waals surface area contributed by atoms with Crippen LogP contribution in [-0.2, 0) is 4.74 Å². The predicted molar refractivity (Wildman–Crippen MR) is 73.5 cm³/mol. The number of morpholine rings is 1. The molecule has 0 saturated carbocycles. The molecule has 102 valence electrons. The summed E-state index contributed by atoms with van der Waals surface area (Å²) in [4.78, 5) is 2.52. The zero-order chi connectivity index (χ0) is 12.3. The Morgan fingerprint density at radius 1 is 1.18 bits per heavy atom. The fourth-order valence-electron chi connectivity index (χ4n) is 2.27. The average molecular weight is 242 g/mol. The Hall–Kier alpha value is -0.120. The lowest BCUT2D eigenvalue weighted by molar-refractivity contribution is -0.0290. The second-order valence-corrected chi connectivity index (χ2v) is 5.01. The maximum Gasteiger partial charge on any atom is 0.0700 e.